The lowest BCUT2D eigenvalue weighted by atomic mass is 10.2. The van der Waals surface area contributed by atoms with Crippen LogP contribution in [0.1, 0.15) is 16.0 Å². The van der Waals surface area contributed by atoms with Crippen molar-refractivity contribution in [2.75, 3.05) is 0 Å². The zero-order valence-corrected chi connectivity index (χ0v) is 14.5. The Bertz CT molecular complexity index is 941. The molecule has 0 aliphatic heterocycles. The molecule has 0 unspecified atom stereocenters. The molecule has 0 saturated carbocycles. The van der Waals surface area contributed by atoms with E-state index >= 15 is 0 Å². The SMILES string of the molecule is Cc1cc[n+](-c2[nH]c(=O)sc2C=NN=C([S-])c2ccccc2)cc1. The molecule has 0 aliphatic rings. The van der Waals surface area contributed by atoms with E-state index in [0.29, 0.717) is 15.7 Å². The van der Waals surface area contributed by atoms with Crippen LogP contribution in [0.4, 0.5) is 0 Å². The summed E-state index contributed by atoms with van der Waals surface area (Å²) >= 11 is 6.31. The number of rotatable bonds is 4. The van der Waals surface area contributed by atoms with Gasteiger partial charge in [0.2, 0.25) is 0 Å². The summed E-state index contributed by atoms with van der Waals surface area (Å²) in [6, 6.07) is 13.4. The molecular formula is C17H14N4OS2. The van der Waals surface area contributed by atoms with E-state index in [4.69, 9.17) is 12.6 Å². The maximum atomic E-state index is 11.7. The highest BCUT2D eigenvalue weighted by Gasteiger charge is 2.15. The van der Waals surface area contributed by atoms with Crippen molar-refractivity contribution in [3.05, 3.63) is 80.5 Å². The summed E-state index contributed by atoms with van der Waals surface area (Å²) in [6.07, 6.45) is 5.31. The van der Waals surface area contributed by atoms with Crippen molar-refractivity contribution in [2.45, 2.75) is 6.92 Å². The first-order valence-electron chi connectivity index (χ1n) is 7.18. The fraction of sp³-hybridized carbons (Fsp3) is 0.0588. The molecule has 0 atom stereocenters. The van der Waals surface area contributed by atoms with Gasteiger partial charge in [0, 0.05) is 0 Å². The fourth-order valence-electron chi connectivity index (χ4n) is 2.03. The summed E-state index contributed by atoms with van der Waals surface area (Å²) in [4.78, 5) is 15.1. The van der Waals surface area contributed by atoms with Crippen LogP contribution >= 0.6 is 11.3 Å². The fourth-order valence-corrected chi connectivity index (χ4v) is 2.92. The molecule has 7 heteroatoms. The van der Waals surface area contributed by atoms with Crippen molar-refractivity contribution in [3.63, 3.8) is 0 Å². The Kier molecular flexibility index (Phi) is 4.93. The molecule has 24 heavy (non-hydrogen) atoms. The van der Waals surface area contributed by atoms with Gasteiger partial charge in [-0.15, -0.1) is 0 Å². The van der Waals surface area contributed by atoms with Crippen molar-refractivity contribution >= 4 is 35.2 Å². The first-order chi connectivity index (χ1) is 11.6. The Hall–Kier alpha value is -2.64. The van der Waals surface area contributed by atoms with Gasteiger partial charge in [-0.05, 0) is 41.5 Å². The third-order valence-corrected chi connectivity index (χ3v) is 4.38. The number of hydrogen-bond donors (Lipinski definition) is 1. The second-order valence-corrected chi connectivity index (χ2v) is 6.43. The molecule has 3 aromatic rings. The van der Waals surface area contributed by atoms with Gasteiger partial charge in [-0.1, -0.05) is 35.4 Å². The highest BCUT2D eigenvalue weighted by Crippen LogP contribution is 2.07. The van der Waals surface area contributed by atoms with E-state index in [0.717, 1.165) is 22.5 Å². The number of H-pyrrole nitrogens is 1. The van der Waals surface area contributed by atoms with E-state index in [1.807, 2.05) is 66.3 Å². The van der Waals surface area contributed by atoms with Crippen LogP contribution < -0.4 is 9.44 Å². The minimum atomic E-state index is -0.148. The summed E-state index contributed by atoms with van der Waals surface area (Å²) in [6.45, 7) is 2.01. The van der Waals surface area contributed by atoms with Gasteiger partial charge in [0.05, 0.1) is 18.6 Å². The van der Waals surface area contributed by atoms with Gasteiger partial charge in [0.1, 0.15) is 4.88 Å². The largest absolute Gasteiger partial charge is 0.758 e. The molecule has 0 amide bonds. The van der Waals surface area contributed by atoms with Crippen LogP contribution in [0.3, 0.4) is 0 Å². The standard InChI is InChI=1S/C17H14N4OS2/c1-12-7-9-21(10-8-12)15-14(24-17(22)19-15)11-18-20-16(23)13-5-3-2-4-6-13/h2-11H,1H3,(H-,18,19,20,22,23). The molecule has 1 N–H and O–H groups in total. The highest BCUT2D eigenvalue weighted by molar-refractivity contribution is 7.78. The molecule has 2 heterocycles. The molecule has 0 fully saturated rings. The van der Waals surface area contributed by atoms with E-state index in [1.165, 1.54) is 0 Å². The van der Waals surface area contributed by atoms with E-state index in [2.05, 4.69) is 15.2 Å². The van der Waals surface area contributed by atoms with Crippen molar-refractivity contribution in [2.24, 2.45) is 10.2 Å². The molecule has 3 rings (SSSR count). The maximum absolute atomic E-state index is 11.7. The molecule has 0 aliphatic carbocycles. The molecule has 0 spiro atoms. The number of thiazole rings is 1. The zero-order valence-electron chi connectivity index (χ0n) is 12.8. The van der Waals surface area contributed by atoms with E-state index in [1.54, 1.807) is 6.21 Å². The number of aromatic nitrogens is 2. The van der Waals surface area contributed by atoms with Crippen molar-refractivity contribution in [1.29, 1.82) is 0 Å². The van der Waals surface area contributed by atoms with Crippen molar-refractivity contribution in [1.82, 2.24) is 4.98 Å². The number of aromatic amines is 1. The van der Waals surface area contributed by atoms with E-state index < -0.39 is 0 Å². The predicted octanol–water partition coefficient (Wildman–Crippen LogP) is 2.35. The zero-order chi connectivity index (χ0) is 16.9. The molecule has 0 saturated heterocycles. The molecule has 2 aromatic heterocycles. The van der Waals surface area contributed by atoms with Gasteiger partial charge in [-0.25, -0.2) is 9.36 Å². The summed E-state index contributed by atoms with van der Waals surface area (Å²) in [5, 5.41) is 8.46. The summed E-state index contributed by atoms with van der Waals surface area (Å²) in [7, 11) is 0. The van der Waals surface area contributed by atoms with Gasteiger partial charge in [-0.3, -0.25) is 0 Å². The third kappa shape index (κ3) is 3.81. The predicted molar refractivity (Wildman–Crippen MR) is 99.1 cm³/mol. The van der Waals surface area contributed by atoms with Crippen LogP contribution in [0.5, 0.6) is 0 Å². The normalized spacial score (nSPS) is 12.0. The number of nitrogens with one attached hydrogen (secondary N) is 1. The van der Waals surface area contributed by atoms with Gasteiger partial charge >= 0.3 is 10.7 Å². The number of benzene rings is 1. The summed E-state index contributed by atoms with van der Waals surface area (Å²) in [5.41, 5.74) is 1.97. The lowest BCUT2D eigenvalue weighted by Gasteiger charge is -2.07. The molecule has 0 radical (unpaired) electrons. The van der Waals surface area contributed by atoms with E-state index in [9.17, 15) is 4.79 Å². The van der Waals surface area contributed by atoms with Crippen LogP contribution in [-0.4, -0.2) is 16.2 Å². The maximum Gasteiger partial charge on any atom is 0.390 e. The van der Waals surface area contributed by atoms with Crippen LogP contribution in [0.15, 0.2) is 69.9 Å². The first kappa shape index (κ1) is 16.2. The number of aryl methyl sites for hydroxylation is 1. The Morgan fingerprint density at radius 3 is 2.62 bits per heavy atom. The summed E-state index contributed by atoms with van der Waals surface area (Å²) < 4.78 is 1.84. The van der Waals surface area contributed by atoms with Gasteiger partial charge in [0.15, 0.2) is 0 Å². The Morgan fingerprint density at radius 1 is 1.21 bits per heavy atom. The quantitative estimate of drug-likeness (QED) is 0.257. The monoisotopic (exact) mass is 354 g/mol. The topological polar surface area (TPSA) is 61.5 Å². The second kappa shape index (κ2) is 7.29. The van der Waals surface area contributed by atoms with Gasteiger partial charge in [-0.2, -0.15) is 15.2 Å². The average molecular weight is 354 g/mol. The lowest BCUT2D eigenvalue weighted by Crippen LogP contribution is -2.31. The summed E-state index contributed by atoms with van der Waals surface area (Å²) in [5.74, 6) is 0.662. The Morgan fingerprint density at radius 2 is 1.92 bits per heavy atom. The number of nitrogens with zero attached hydrogens (tertiary/aromatic N) is 3. The third-order valence-electron chi connectivity index (χ3n) is 3.26. The highest BCUT2D eigenvalue weighted by atomic mass is 32.1. The van der Waals surface area contributed by atoms with E-state index in [-0.39, 0.29) is 4.87 Å². The molecule has 120 valence electrons. The van der Waals surface area contributed by atoms with Crippen molar-refractivity contribution < 1.29 is 4.57 Å². The lowest BCUT2D eigenvalue weighted by molar-refractivity contribution is -0.599. The Labute approximate surface area is 148 Å². The first-order valence-corrected chi connectivity index (χ1v) is 8.41. The minimum absolute atomic E-state index is 0.148. The van der Waals surface area contributed by atoms with Crippen LogP contribution in [0, 0.1) is 6.92 Å². The number of pyridine rings is 1. The number of hydrogen-bond acceptors (Lipinski definition) is 5. The molecular weight excluding hydrogens is 340 g/mol. The van der Waals surface area contributed by atoms with Crippen LogP contribution in [0.2, 0.25) is 0 Å². The molecule has 1 aromatic carbocycles. The molecule has 0 bridgehead atoms. The van der Waals surface area contributed by atoms with Gasteiger partial charge < -0.3 is 12.6 Å². The molecule has 5 nitrogen and oxygen atoms in total. The van der Waals surface area contributed by atoms with Gasteiger partial charge in [0.25, 0.3) is 0 Å². The second-order valence-electron chi connectivity index (χ2n) is 5.03. The Balaban J connectivity index is 1.88. The minimum Gasteiger partial charge on any atom is -0.758 e. The van der Waals surface area contributed by atoms with Crippen molar-refractivity contribution in [3.8, 4) is 5.82 Å². The van der Waals surface area contributed by atoms with Crippen LogP contribution in [0.25, 0.3) is 5.82 Å². The smallest absolute Gasteiger partial charge is 0.390 e. The van der Waals surface area contributed by atoms with Crippen LogP contribution in [-0.2, 0) is 12.6 Å². The average Bonchev–Trinajstić information content (AvgIpc) is 2.97.